The number of nitrogens with one attached hydrogen (secondary N) is 2. The predicted octanol–water partition coefficient (Wildman–Crippen LogP) is 4.27. The fourth-order valence-corrected chi connectivity index (χ4v) is 3.39. The second kappa shape index (κ2) is 12.7. The molecule has 1 saturated heterocycles. The van der Waals surface area contributed by atoms with Gasteiger partial charge < -0.3 is 15.5 Å². The zero-order chi connectivity index (χ0) is 17.2. The third-order valence-electron chi connectivity index (χ3n) is 4.32. The number of guanidine groups is 1. The first kappa shape index (κ1) is 22.4. The van der Waals surface area contributed by atoms with Crippen LogP contribution in [0.25, 0.3) is 0 Å². The molecule has 1 fully saturated rings. The molecule has 25 heavy (non-hydrogen) atoms. The molecule has 0 amide bonds. The largest absolute Gasteiger partial charge is 0.372 e. The lowest BCUT2D eigenvalue weighted by molar-refractivity contribution is 0.685. The van der Waals surface area contributed by atoms with E-state index in [4.69, 9.17) is 0 Å². The van der Waals surface area contributed by atoms with E-state index in [1.807, 2.05) is 11.8 Å². The molecule has 0 saturated carbocycles. The van der Waals surface area contributed by atoms with Crippen molar-refractivity contribution in [3.8, 4) is 0 Å². The molecule has 0 aliphatic carbocycles. The van der Waals surface area contributed by atoms with Crippen LogP contribution in [0.15, 0.2) is 29.3 Å². The highest BCUT2D eigenvalue weighted by molar-refractivity contribution is 14.0. The highest BCUT2D eigenvalue weighted by Crippen LogP contribution is 2.23. The van der Waals surface area contributed by atoms with Gasteiger partial charge in [0.15, 0.2) is 5.96 Å². The molecule has 4 nitrogen and oxygen atoms in total. The predicted molar refractivity (Wildman–Crippen MR) is 124 cm³/mol. The van der Waals surface area contributed by atoms with Crippen molar-refractivity contribution in [1.82, 2.24) is 10.6 Å². The summed E-state index contributed by atoms with van der Waals surface area (Å²) in [5.74, 6) is 2.08. The smallest absolute Gasteiger partial charge is 0.191 e. The lowest BCUT2D eigenvalue weighted by Crippen LogP contribution is -2.38. The van der Waals surface area contributed by atoms with E-state index in [2.05, 4.69) is 64.9 Å². The molecule has 1 aromatic rings. The highest BCUT2D eigenvalue weighted by atomic mass is 127. The van der Waals surface area contributed by atoms with Gasteiger partial charge in [0.2, 0.25) is 0 Å². The van der Waals surface area contributed by atoms with Gasteiger partial charge in [-0.25, -0.2) is 0 Å². The van der Waals surface area contributed by atoms with Crippen molar-refractivity contribution in [2.24, 2.45) is 4.99 Å². The van der Waals surface area contributed by atoms with Gasteiger partial charge in [0.05, 0.1) is 6.04 Å². The standard InChI is InChI=1S/C19H32N4S.HI/c1-4-20-19(21-11-8-14-24-3)22-16(2)17-9-7-10-18(15-17)23-12-5-6-13-23;/h7,9-10,15-16H,4-6,8,11-14H2,1-3H3,(H2,20,21,22);1H. The van der Waals surface area contributed by atoms with Crippen LogP contribution in [-0.4, -0.2) is 44.1 Å². The Bertz CT molecular complexity index is 518. The van der Waals surface area contributed by atoms with Gasteiger partial charge in [-0.2, -0.15) is 11.8 Å². The van der Waals surface area contributed by atoms with Crippen LogP contribution < -0.4 is 15.5 Å². The first-order valence-corrected chi connectivity index (χ1v) is 10.5. The Labute approximate surface area is 174 Å². The van der Waals surface area contributed by atoms with E-state index in [1.165, 1.54) is 37.2 Å². The molecule has 0 spiro atoms. The summed E-state index contributed by atoms with van der Waals surface area (Å²) in [5.41, 5.74) is 2.66. The normalized spacial score (nSPS) is 15.6. The zero-order valence-electron chi connectivity index (χ0n) is 15.8. The number of hydrogen-bond donors (Lipinski definition) is 2. The first-order valence-electron chi connectivity index (χ1n) is 9.13. The van der Waals surface area contributed by atoms with Gasteiger partial charge in [0.1, 0.15) is 0 Å². The first-order chi connectivity index (χ1) is 11.7. The number of rotatable bonds is 8. The minimum Gasteiger partial charge on any atom is -0.372 e. The second-order valence-electron chi connectivity index (χ2n) is 6.26. The van der Waals surface area contributed by atoms with Crippen molar-refractivity contribution in [1.29, 1.82) is 0 Å². The van der Waals surface area contributed by atoms with Crippen LogP contribution >= 0.6 is 35.7 Å². The number of benzene rings is 1. The van der Waals surface area contributed by atoms with Crippen LogP contribution in [0.5, 0.6) is 0 Å². The number of thioether (sulfide) groups is 1. The van der Waals surface area contributed by atoms with E-state index in [0.29, 0.717) is 0 Å². The molecule has 1 heterocycles. The minimum atomic E-state index is 0. The summed E-state index contributed by atoms with van der Waals surface area (Å²) in [6, 6.07) is 9.16. The lowest BCUT2D eigenvalue weighted by Gasteiger charge is -2.22. The second-order valence-corrected chi connectivity index (χ2v) is 7.25. The van der Waals surface area contributed by atoms with E-state index in [9.17, 15) is 0 Å². The molecule has 1 aliphatic heterocycles. The monoisotopic (exact) mass is 476 g/mol. The summed E-state index contributed by atoms with van der Waals surface area (Å²) in [6.45, 7) is 8.44. The number of halogens is 1. The Balaban J connectivity index is 0.00000312. The molecule has 142 valence electrons. The summed E-state index contributed by atoms with van der Waals surface area (Å²) in [4.78, 5) is 7.17. The van der Waals surface area contributed by atoms with Crippen molar-refractivity contribution in [2.45, 2.75) is 39.2 Å². The SMILES string of the molecule is CCNC(=NCCCSC)NC(C)c1cccc(N2CCCC2)c1.I. The third-order valence-corrected chi connectivity index (χ3v) is 5.01. The Morgan fingerprint density at radius 1 is 1.32 bits per heavy atom. The van der Waals surface area contributed by atoms with Crippen LogP contribution in [0.1, 0.15) is 44.7 Å². The number of anilines is 1. The Hall–Kier alpha value is -0.630. The highest BCUT2D eigenvalue weighted by Gasteiger charge is 2.14. The van der Waals surface area contributed by atoms with Gasteiger partial charge in [0.25, 0.3) is 0 Å². The molecule has 6 heteroatoms. The van der Waals surface area contributed by atoms with Crippen molar-refractivity contribution in [3.63, 3.8) is 0 Å². The molecule has 0 radical (unpaired) electrons. The molecule has 1 aromatic carbocycles. The molecule has 1 aliphatic rings. The fraction of sp³-hybridized carbons (Fsp3) is 0.632. The van der Waals surface area contributed by atoms with Crippen LogP contribution in [0.2, 0.25) is 0 Å². The summed E-state index contributed by atoms with van der Waals surface area (Å²) >= 11 is 1.88. The van der Waals surface area contributed by atoms with Gasteiger partial charge in [-0.3, -0.25) is 4.99 Å². The average Bonchev–Trinajstić information content (AvgIpc) is 3.13. The van der Waals surface area contributed by atoms with Crippen LogP contribution in [0, 0.1) is 0 Å². The molecule has 2 rings (SSSR count). The summed E-state index contributed by atoms with van der Waals surface area (Å²) in [5, 5.41) is 6.89. The van der Waals surface area contributed by atoms with E-state index < -0.39 is 0 Å². The Morgan fingerprint density at radius 3 is 2.76 bits per heavy atom. The number of hydrogen-bond acceptors (Lipinski definition) is 3. The van der Waals surface area contributed by atoms with Gasteiger partial charge in [-0.05, 0) is 62.8 Å². The quantitative estimate of drug-likeness (QED) is 0.255. The van der Waals surface area contributed by atoms with E-state index in [1.54, 1.807) is 0 Å². The molecular weight excluding hydrogens is 443 g/mol. The molecule has 0 aromatic heterocycles. The summed E-state index contributed by atoms with van der Waals surface area (Å²) in [6.07, 6.45) is 5.88. The van der Waals surface area contributed by atoms with Crippen molar-refractivity contribution in [2.75, 3.05) is 43.1 Å². The number of aliphatic imine (C=N–C) groups is 1. The topological polar surface area (TPSA) is 39.7 Å². The van der Waals surface area contributed by atoms with Gasteiger partial charge >= 0.3 is 0 Å². The summed E-state index contributed by atoms with van der Waals surface area (Å²) in [7, 11) is 0. The van der Waals surface area contributed by atoms with E-state index >= 15 is 0 Å². The van der Waals surface area contributed by atoms with Gasteiger partial charge in [0, 0.05) is 31.9 Å². The van der Waals surface area contributed by atoms with Gasteiger partial charge in [-0.15, -0.1) is 24.0 Å². The van der Waals surface area contributed by atoms with Crippen molar-refractivity contribution in [3.05, 3.63) is 29.8 Å². The zero-order valence-corrected chi connectivity index (χ0v) is 18.9. The maximum atomic E-state index is 4.69. The Morgan fingerprint density at radius 2 is 2.08 bits per heavy atom. The van der Waals surface area contributed by atoms with Crippen molar-refractivity contribution >= 4 is 47.4 Å². The van der Waals surface area contributed by atoms with E-state index in [-0.39, 0.29) is 30.0 Å². The van der Waals surface area contributed by atoms with Crippen LogP contribution in [-0.2, 0) is 0 Å². The third kappa shape index (κ3) is 7.64. The lowest BCUT2D eigenvalue weighted by atomic mass is 10.1. The average molecular weight is 476 g/mol. The Kier molecular flexibility index (Phi) is 11.4. The maximum absolute atomic E-state index is 4.69. The van der Waals surface area contributed by atoms with E-state index in [0.717, 1.165) is 31.2 Å². The van der Waals surface area contributed by atoms with Crippen LogP contribution in [0.3, 0.4) is 0 Å². The molecule has 0 bridgehead atoms. The molecule has 1 unspecified atom stereocenters. The molecule has 2 N–H and O–H groups in total. The van der Waals surface area contributed by atoms with Gasteiger partial charge in [-0.1, -0.05) is 12.1 Å². The summed E-state index contributed by atoms with van der Waals surface area (Å²) < 4.78 is 0. The number of nitrogens with zero attached hydrogens (tertiary/aromatic N) is 2. The molecular formula is C19H33IN4S. The van der Waals surface area contributed by atoms with Crippen LogP contribution in [0.4, 0.5) is 5.69 Å². The fourth-order valence-electron chi connectivity index (χ4n) is 2.97. The maximum Gasteiger partial charge on any atom is 0.191 e. The molecule has 1 atom stereocenters. The minimum absolute atomic E-state index is 0. The van der Waals surface area contributed by atoms with Crippen molar-refractivity contribution < 1.29 is 0 Å².